The summed E-state index contributed by atoms with van der Waals surface area (Å²) in [4.78, 5) is 12.0. The van der Waals surface area contributed by atoms with Crippen molar-refractivity contribution in [1.82, 2.24) is 15.0 Å². The Morgan fingerprint density at radius 2 is 2.06 bits per heavy atom. The van der Waals surface area contributed by atoms with Crippen LogP contribution in [0.2, 0.25) is 0 Å². The van der Waals surface area contributed by atoms with Gasteiger partial charge in [-0.1, -0.05) is 32.1 Å². The molecule has 3 rings (SSSR count). The Balaban J connectivity index is 1.85. The Morgan fingerprint density at radius 3 is 2.94 bits per heavy atom. The van der Waals surface area contributed by atoms with Crippen LogP contribution in [-0.4, -0.2) is 15.0 Å². The first-order valence-electron chi connectivity index (χ1n) is 6.20. The number of hydrogen-bond donors (Lipinski definition) is 1. The Kier molecular flexibility index (Phi) is 2.60. The van der Waals surface area contributed by atoms with Gasteiger partial charge in [0.1, 0.15) is 5.52 Å². The maximum atomic E-state index is 4.49. The lowest BCUT2D eigenvalue weighted by atomic mass is 9.86. The second-order valence-corrected chi connectivity index (χ2v) is 4.76. The van der Waals surface area contributed by atoms with Crippen molar-refractivity contribution in [2.75, 3.05) is 0 Å². The van der Waals surface area contributed by atoms with Gasteiger partial charge in [-0.15, -0.1) is 0 Å². The van der Waals surface area contributed by atoms with Crippen LogP contribution in [0.3, 0.4) is 0 Å². The fourth-order valence-electron chi connectivity index (χ4n) is 2.74. The molecule has 84 valence electrons. The monoisotopic (exact) mass is 215 g/mol. The summed E-state index contributed by atoms with van der Waals surface area (Å²) in [6.45, 7) is 0. The zero-order valence-corrected chi connectivity index (χ0v) is 9.45. The molecule has 1 aliphatic rings. The summed E-state index contributed by atoms with van der Waals surface area (Å²) in [6, 6.07) is 1.99. The number of nitrogens with zero attached hydrogens (tertiary/aromatic N) is 2. The highest BCUT2D eigenvalue weighted by Gasteiger charge is 2.16. The number of aromatic nitrogens is 3. The maximum Gasteiger partial charge on any atom is 0.110 e. The van der Waals surface area contributed by atoms with E-state index in [-0.39, 0.29) is 0 Å². The van der Waals surface area contributed by atoms with Crippen molar-refractivity contribution >= 4 is 11.0 Å². The molecule has 1 saturated carbocycles. The van der Waals surface area contributed by atoms with Crippen LogP contribution in [-0.2, 0) is 6.42 Å². The summed E-state index contributed by atoms with van der Waals surface area (Å²) in [5.41, 5.74) is 3.35. The third-order valence-electron chi connectivity index (χ3n) is 3.62. The van der Waals surface area contributed by atoms with E-state index in [0.29, 0.717) is 0 Å². The molecule has 0 unspecified atom stereocenters. The van der Waals surface area contributed by atoms with E-state index in [9.17, 15) is 0 Å². The zero-order chi connectivity index (χ0) is 10.8. The summed E-state index contributed by atoms with van der Waals surface area (Å²) in [5, 5.41) is 0. The number of imidazole rings is 1. The first-order chi connectivity index (χ1) is 7.93. The first-order valence-corrected chi connectivity index (χ1v) is 6.20. The van der Waals surface area contributed by atoms with Gasteiger partial charge in [-0.3, -0.25) is 4.98 Å². The third kappa shape index (κ3) is 1.82. The molecule has 0 bridgehead atoms. The van der Waals surface area contributed by atoms with Crippen molar-refractivity contribution in [1.29, 1.82) is 0 Å². The number of fused-ring (bicyclic) bond motifs is 1. The molecule has 2 aromatic rings. The van der Waals surface area contributed by atoms with Gasteiger partial charge in [0, 0.05) is 6.20 Å². The summed E-state index contributed by atoms with van der Waals surface area (Å²) < 4.78 is 0. The number of hydrogen-bond acceptors (Lipinski definition) is 2. The number of pyridine rings is 1. The number of nitrogens with one attached hydrogen (secondary N) is 1. The molecule has 1 N–H and O–H groups in total. The average Bonchev–Trinajstić information content (AvgIpc) is 2.80. The molecule has 0 saturated heterocycles. The molecule has 3 heteroatoms. The van der Waals surface area contributed by atoms with Crippen LogP contribution in [0.5, 0.6) is 0 Å². The minimum absolute atomic E-state index is 0.823. The number of aromatic amines is 1. The summed E-state index contributed by atoms with van der Waals surface area (Å²) in [5.74, 6) is 0.823. The topological polar surface area (TPSA) is 41.6 Å². The van der Waals surface area contributed by atoms with Crippen molar-refractivity contribution in [2.24, 2.45) is 5.92 Å². The van der Waals surface area contributed by atoms with Crippen molar-refractivity contribution < 1.29 is 0 Å². The molecular weight excluding hydrogens is 198 g/mol. The average molecular weight is 215 g/mol. The highest BCUT2D eigenvalue weighted by molar-refractivity contribution is 5.76. The SMILES string of the molecule is c1cc2[nH]cnc2c(CC2CCCCC2)n1. The van der Waals surface area contributed by atoms with Gasteiger partial charge in [-0.05, 0) is 18.4 Å². The third-order valence-corrected chi connectivity index (χ3v) is 3.62. The van der Waals surface area contributed by atoms with Crippen LogP contribution in [0, 0.1) is 5.92 Å². The highest BCUT2D eigenvalue weighted by Crippen LogP contribution is 2.27. The van der Waals surface area contributed by atoms with Crippen LogP contribution >= 0.6 is 0 Å². The maximum absolute atomic E-state index is 4.49. The van der Waals surface area contributed by atoms with E-state index in [1.165, 1.54) is 37.8 Å². The van der Waals surface area contributed by atoms with Crippen molar-refractivity contribution in [3.63, 3.8) is 0 Å². The molecule has 0 aliphatic heterocycles. The highest BCUT2D eigenvalue weighted by atomic mass is 14.9. The fourth-order valence-corrected chi connectivity index (χ4v) is 2.74. The number of H-pyrrole nitrogens is 1. The normalized spacial score (nSPS) is 18.0. The van der Waals surface area contributed by atoms with Crippen molar-refractivity contribution in [2.45, 2.75) is 38.5 Å². The zero-order valence-electron chi connectivity index (χ0n) is 9.45. The van der Waals surface area contributed by atoms with Crippen LogP contribution in [0.25, 0.3) is 11.0 Å². The van der Waals surface area contributed by atoms with Gasteiger partial charge in [0.2, 0.25) is 0 Å². The van der Waals surface area contributed by atoms with Crippen molar-refractivity contribution in [3.05, 3.63) is 24.3 Å². The first kappa shape index (κ1) is 9.82. The summed E-state index contributed by atoms with van der Waals surface area (Å²) >= 11 is 0. The van der Waals surface area contributed by atoms with E-state index in [0.717, 1.165) is 23.4 Å². The van der Waals surface area contributed by atoms with E-state index < -0.39 is 0 Å². The minimum atomic E-state index is 0.823. The predicted molar refractivity (Wildman–Crippen MR) is 64.2 cm³/mol. The van der Waals surface area contributed by atoms with Gasteiger partial charge in [-0.25, -0.2) is 4.98 Å². The molecule has 16 heavy (non-hydrogen) atoms. The smallest absolute Gasteiger partial charge is 0.110 e. The van der Waals surface area contributed by atoms with Gasteiger partial charge in [0.25, 0.3) is 0 Å². The summed E-state index contributed by atoms with van der Waals surface area (Å²) in [7, 11) is 0. The molecule has 0 amide bonds. The second-order valence-electron chi connectivity index (χ2n) is 4.76. The van der Waals surface area contributed by atoms with E-state index >= 15 is 0 Å². The van der Waals surface area contributed by atoms with Gasteiger partial charge >= 0.3 is 0 Å². The molecule has 0 aromatic carbocycles. The molecule has 0 spiro atoms. The van der Waals surface area contributed by atoms with Crippen molar-refractivity contribution in [3.8, 4) is 0 Å². The van der Waals surface area contributed by atoms with Gasteiger partial charge in [-0.2, -0.15) is 0 Å². The van der Waals surface area contributed by atoms with Crippen LogP contribution in [0.4, 0.5) is 0 Å². The van der Waals surface area contributed by atoms with E-state index in [4.69, 9.17) is 0 Å². The molecule has 2 heterocycles. The van der Waals surface area contributed by atoms with E-state index in [1.807, 2.05) is 12.3 Å². The van der Waals surface area contributed by atoms with Crippen LogP contribution in [0.15, 0.2) is 18.6 Å². The molecule has 0 atom stereocenters. The van der Waals surface area contributed by atoms with Gasteiger partial charge in [0.15, 0.2) is 0 Å². The summed E-state index contributed by atoms with van der Waals surface area (Å²) in [6.07, 6.45) is 11.7. The Labute approximate surface area is 95.3 Å². The molecule has 1 fully saturated rings. The molecule has 1 aliphatic carbocycles. The second kappa shape index (κ2) is 4.24. The van der Waals surface area contributed by atoms with Crippen LogP contribution < -0.4 is 0 Å². The molecular formula is C13H17N3. The molecule has 2 aromatic heterocycles. The quantitative estimate of drug-likeness (QED) is 0.836. The minimum Gasteiger partial charge on any atom is -0.344 e. The molecule has 3 nitrogen and oxygen atoms in total. The molecule has 0 radical (unpaired) electrons. The van der Waals surface area contributed by atoms with Crippen LogP contribution in [0.1, 0.15) is 37.8 Å². The number of rotatable bonds is 2. The lowest BCUT2D eigenvalue weighted by Gasteiger charge is -2.20. The lowest BCUT2D eigenvalue weighted by Crippen LogP contribution is -2.10. The Hall–Kier alpha value is -1.38. The Morgan fingerprint density at radius 1 is 1.19 bits per heavy atom. The Bertz CT molecular complexity index is 469. The van der Waals surface area contributed by atoms with Gasteiger partial charge in [0.05, 0.1) is 17.5 Å². The van der Waals surface area contributed by atoms with E-state index in [2.05, 4.69) is 15.0 Å². The fraction of sp³-hybridized carbons (Fsp3) is 0.538. The predicted octanol–water partition coefficient (Wildman–Crippen LogP) is 3.08. The lowest BCUT2D eigenvalue weighted by molar-refractivity contribution is 0.355. The van der Waals surface area contributed by atoms with E-state index in [1.54, 1.807) is 6.33 Å². The standard InChI is InChI=1S/C13H17N3/c1-2-4-10(5-3-1)8-12-13-11(6-7-14-12)15-9-16-13/h6-7,9-10H,1-5,8H2,(H,15,16). The van der Waals surface area contributed by atoms with Gasteiger partial charge < -0.3 is 4.98 Å². The largest absolute Gasteiger partial charge is 0.344 e.